The minimum Gasteiger partial charge on any atom is -0.465 e. The zero-order valence-corrected chi connectivity index (χ0v) is 22.2. The summed E-state index contributed by atoms with van der Waals surface area (Å²) in [6.45, 7) is 9.29. The first-order valence-corrected chi connectivity index (χ1v) is 12.6. The average Bonchev–Trinajstić information content (AvgIpc) is 2.84. The van der Waals surface area contributed by atoms with Gasteiger partial charge in [-0.1, -0.05) is 60.7 Å². The van der Waals surface area contributed by atoms with Crippen molar-refractivity contribution in [3.63, 3.8) is 0 Å². The number of benzene rings is 2. The maximum atomic E-state index is 13.5. The maximum Gasteiger partial charge on any atom is 0.326 e. The molecule has 0 bridgehead atoms. The standard InChI is InChI=1S/C29H40N2O5/c1-6-35-28(34)25(18-17-23-13-9-7-10-14-23)30-22(2)27(33)31(21-26(32)36-29(3,4)5)20-19-24-15-11-8-12-16-24/h7-16,22,25,30H,6,17-21H2,1-5H3/t22-,25?/m0/s1. The first kappa shape index (κ1) is 29.0. The van der Waals surface area contributed by atoms with Gasteiger partial charge in [0.15, 0.2) is 0 Å². The Kier molecular flexibility index (Phi) is 11.6. The number of amides is 1. The van der Waals surface area contributed by atoms with Crippen molar-refractivity contribution >= 4 is 17.8 Å². The highest BCUT2D eigenvalue weighted by molar-refractivity contribution is 5.86. The van der Waals surface area contributed by atoms with Gasteiger partial charge in [-0.15, -0.1) is 0 Å². The molecule has 0 aliphatic carbocycles. The monoisotopic (exact) mass is 496 g/mol. The van der Waals surface area contributed by atoms with E-state index in [2.05, 4.69) is 5.32 Å². The Labute approximate surface area is 215 Å². The Morgan fingerprint density at radius 3 is 2.00 bits per heavy atom. The first-order chi connectivity index (χ1) is 17.1. The summed E-state index contributed by atoms with van der Waals surface area (Å²) in [5.74, 6) is -1.14. The molecule has 0 fully saturated rings. The van der Waals surface area contributed by atoms with Crippen molar-refractivity contribution < 1.29 is 23.9 Å². The van der Waals surface area contributed by atoms with Crippen LogP contribution in [0.15, 0.2) is 60.7 Å². The fraction of sp³-hybridized carbons (Fsp3) is 0.483. The molecule has 2 rings (SSSR count). The van der Waals surface area contributed by atoms with Crippen LogP contribution in [0.1, 0.15) is 52.2 Å². The molecular weight excluding hydrogens is 456 g/mol. The van der Waals surface area contributed by atoms with Gasteiger partial charge in [0.2, 0.25) is 5.91 Å². The highest BCUT2D eigenvalue weighted by Gasteiger charge is 2.29. The lowest BCUT2D eigenvalue weighted by atomic mass is 10.0. The number of ether oxygens (including phenoxy) is 2. The topological polar surface area (TPSA) is 84.9 Å². The molecule has 0 heterocycles. The van der Waals surface area contributed by atoms with Crippen LogP contribution in [-0.2, 0) is 36.7 Å². The lowest BCUT2D eigenvalue weighted by molar-refractivity contribution is -0.159. The number of hydrogen-bond donors (Lipinski definition) is 1. The largest absolute Gasteiger partial charge is 0.465 e. The fourth-order valence-electron chi connectivity index (χ4n) is 3.82. The van der Waals surface area contributed by atoms with Crippen molar-refractivity contribution in [1.82, 2.24) is 10.2 Å². The van der Waals surface area contributed by atoms with Gasteiger partial charge in [0, 0.05) is 6.54 Å². The summed E-state index contributed by atoms with van der Waals surface area (Å²) in [6, 6.07) is 18.3. The minimum absolute atomic E-state index is 0.164. The van der Waals surface area contributed by atoms with Crippen LogP contribution in [0.3, 0.4) is 0 Å². The predicted molar refractivity (Wildman–Crippen MR) is 140 cm³/mol. The third kappa shape index (κ3) is 10.6. The third-order valence-corrected chi connectivity index (χ3v) is 5.52. The second kappa shape index (κ2) is 14.4. The second-order valence-electron chi connectivity index (χ2n) is 9.80. The number of carbonyl (C=O) groups excluding carboxylic acids is 3. The van der Waals surface area contributed by atoms with Crippen molar-refractivity contribution in [2.45, 2.75) is 71.6 Å². The Morgan fingerprint density at radius 2 is 1.47 bits per heavy atom. The number of aryl methyl sites for hydroxylation is 1. The van der Waals surface area contributed by atoms with E-state index in [4.69, 9.17) is 9.47 Å². The van der Waals surface area contributed by atoms with E-state index in [1.807, 2.05) is 60.7 Å². The molecular formula is C29H40N2O5. The van der Waals surface area contributed by atoms with Crippen molar-refractivity contribution in [2.75, 3.05) is 19.7 Å². The number of rotatable bonds is 13. The van der Waals surface area contributed by atoms with E-state index < -0.39 is 29.6 Å². The zero-order chi connectivity index (χ0) is 26.6. The Hall–Kier alpha value is -3.19. The summed E-state index contributed by atoms with van der Waals surface area (Å²) < 4.78 is 10.7. The van der Waals surface area contributed by atoms with Crippen molar-refractivity contribution in [3.05, 3.63) is 71.8 Å². The molecule has 1 unspecified atom stereocenters. The molecule has 196 valence electrons. The number of carbonyl (C=O) groups is 3. The van der Waals surface area contributed by atoms with Crippen LogP contribution in [-0.4, -0.2) is 60.1 Å². The lowest BCUT2D eigenvalue weighted by Gasteiger charge is -2.29. The molecule has 0 aliphatic heterocycles. The van der Waals surface area contributed by atoms with Crippen molar-refractivity contribution in [2.24, 2.45) is 0 Å². The molecule has 0 saturated heterocycles. The van der Waals surface area contributed by atoms with E-state index >= 15 is 0 Å². The lowest BCUT2D eigenvalue weighted by Crippen LogP contribution is -2.52. The summed E-state index contributed by atoms with van der Waals surface area (Å²) in [5.41, 5.74) is 1.51. The van der Waals surface area contributed by atoms with Gasteiger partial charge < -0.3 is 14.4 Å². The van der Waals surface area contributed by atoms with E-state index in [-0.39, 0.29) is 19.1 Å². The third-order valence-electron chi connectivity index (χ3n) is 5.52. The predicted octanol–water partition coefficient (Wildman–Crippen LogP) is 3.94. The molecule has 2 atom stereocenters. The van der Waals surface area contributed by atoms with Crippen LogP contribution in [0, 0.1) is 0 Å². The van der Waals surface area contributed by atoms with Gasteiger partial charge in [0.1, 0.15) is 18.2 Å². The van der Waals surface area contributed by atoms with E-state index in [1.165, 1.54) is 4.90 Å². The Morgan fingerprint density at radius 1 is 0.917 bits per heavy atom. The summed E-state index contributed by atoms with van der Waals surface area (Å²) in [6.07, 6.45) is 1.74. The molecule has 0 saturated carbocycles. The average molecular weight is 497 g/mol. The van der Waals surface area contributed by atoms with Crippen LogP contribution in [0.4, 0.5) is 0 Å². The Bertz CT molecular complexity index is 957. The molecule has 0 radical (unpaired) electrons. The summed E-state index contributed by atoms with van der Waals surface area (Å²) in [5, 5.41) is 3.15. The van der Waals surface area contributed by atoms with Gasteiger partial charge in [-0.3, -0.25) is 19.7 Å². The van der Waals surface area contributed by atoms with E-state index in [1.54, 1.807) is 34.6 Å². The molecule has 1 amide bonds. The SMILES string of the molecule is CCOC(=O)C(CCc1ccccc1)N[C@@H](C)C(=O)N(CCc1ccccc1)CC(=O)OC(C)(C)C. The zero-order valence-electron chi connectivity index (χ0n) is 22.2. The van der Waals surface area contributed by atoms with E-state index in [0.717, 1.165) is 11.1 Å². The first-order valence-electron chi connectivity index (χ1n) is 12.6. The van der Waals surface area contributed by atoms with Gasteiger partial charge >= 0.3 is 11.9 Å². The number of esters is 2. The van der Waals surface area contributed by atoms with Gasteiger partial charge in [-0.2, -0.15) is 0 Å². The van der Waals surface area contributed by atoms with Crippen molar-refractivity contribution in [1.29, 1.82) is 0 Å². The van der Waals surface area contributed by atoms with E-state index in [0.29, 0.717) is 25.8 Å². The normalized spacial score (nSPS) is 12.9. The second-order valence-corrected chi connectivity index (χ2v) is 9.80. The highest BCUT2D eigenvalue weighted by atomic mass is 16.6. The summed E-state index contributed by atoms with van der Waals surface area (Å²) >= 11 is 0. The molecule has 0 aromatic heterocycles. The van der Waals surface area contributed by atoms with Crippen LogP contribution in [0.25, 0.3) is 0 Å². The molecule has 7 heteroatoms. The molecule has 2 aromatic rings. The van der Waals surface area contributed by atoms with Gasteiger partial charge in [-0.05, 0) is 65.0 Å². The highest BCUT2D eigenvalue weighted by Crippen LogP contribution is 2.11. The number of hydrogen-bond acceptors (Lipinski definition) is 6. The molecule has 0 spiro atoms. The quantitative estimate of drug-likeness (QED) is 0.423. The van der Waals surface area contributed by atoms with Gasteiger partial charge in [0.05, 0.1) is 12.6 Å². The van der Waals surface area contributed by atoms with Gasteiger partial charge in [-0.25, -0.2) is 0 Å². The van der Waals surface area contributed by atoms with Crippen LogP contribution in [0.2, 0.25) is 0 Å². The molecule has 7 nitrogen and oxygen atoms in total. The number of nitrogens with zero attached hydrogens (tertiary/aromatic N) is 1. The summed E-state index contributed by atoms with van der Waals surface area (Å²) in [4.78, 5) is 40.2. The molecule has 1 N–H and O–H groups in total. The van der Waals surface area contributed by atoms with Crippen LogP contribution < -0.4 is 5.32 Å². The fourth-order valence-corrected chi connectivity index (χ4v) is 3.82. The van der Waals surface area contributed by atoms with Crippen LogP contribution in [0.5, 0.6) is 0 Å². The smallest absolute Gasteiger partial charge is 0.326 e. The van der Waals surface area contributed by atoms with Crippen molar-refractivity contribution in [3.8, 4) is 0 Å². The Balaban J connectivity index is 2.11. The van der Waals surface area contributed by atoms with E-state index in [9.17, 15) is 14.4 Å². The molecule has 2 aromatic carbocycles. The maximum absolute atomic E-state index is 13.5. The van der Waals surface area contributed by atoms with Crippen LogP contribution >= 0.6 is 0 Å². The van der Waals surface area contributed by atoms with Gasteiger partial charge in [0.25, 0.3) is 0 Å². The molecule has 36 heavy (non-hydrogen) atoms. The number of nitrogens with one attached hydrogen (secondary N) is 1. The molecule has 0 aliphatic rings. The minimum atomic E-state index is -0.701. The summed E-state index contributed by atoms with van der Waals surface area (Å²) in [7, 11) is 0.